The molecule has 7 nitrogen and oxygen atoms in total. The summed E-state index contributed by atoms with van der Waals surface area (Å²) in [7, 11) is 0. The molecule has 0 radical (unpaired) electrons. The van der Waals surface area contributed by atoms with Crippen LogP contribution >= 0.6 is 35.6 Å². The number of carbonyl (C=O) groups is 1. The van der Waals surface area contributed by atoms with Crippen molar-refractivity contribution in [2.24, 2.45) is 0 Å². The van der Waals surface area contributed by atoms with Crippen LogP contribution in [0.3, 0.4) is 0 Å². The molecule has 0 atom stereocenters. The molecule has 4 rings (SSSR count). The van der Waals surface area contributed by atoms with Crippen LogP contribution in [0.5, 0.6) is 11.5 Å². The number of halogens is 1. The second kappa shape index (κ2) is 12.3. The maximum atomic E-state index is 13.2. The van der Waals surface area contributed by atoms with Crippen molar-refractivity contribution in [3.63, 3.8) is 0 Å². The van der Waals surface area contributed by atoms with E-state index >= 15 is 0 Å². The zero-order valence-electron chi connectivity index (χ0n) is 20.4. The van der Waals surface area contributed by atoms with E-state index in [9.17, 15) is 14.9 Å². The zero-order valence-corrected chi connectivity index (χ0v) is 22.8. The number of nitro groups is 1. The van der Waals surface area contributed by atoms with Crippen LogP contribution in [0.25, 0.3) is 6.08 Å². The topological polar surface area (TPSA) is 81.9 Å². The SMILES string of the molecule is C=CCc1cc(/C=C2/SC(=S)N(c3ccc([N+](=O)[O-])cc3)C2=O)cc(OCC)c1OCc1ccc(Cl)cc1. The molecule has 1 fully saturated rings. The van der Waals surface area contributed by atoms with Gasteiger partial charge in [0.15, 0.2) is 15.8 Å². The molecule has 0 spiro atoms. The number of carbonyl (C=O) groups excluding carboxylic acids is 1. The largest absolute Gasteiger partial charge is 0.490 e. The Balaban J connectivity index is 1.64. The van der Waals surface area contributed by atoms with Crippen LogP contribution in [0, 0.1) is 10.1 Å². The normalized spacial score (nSPS) is 14.2. The Morgan fingerprint density at radius 2 is 1.84 bits per heavy atom. The minimum Gasteiger partial charge on any atom is -0.490 e. The average Bonchev–Trinajstić information content (AvgIpc) is 3.17. The lowest BCUT2D eigenvalue weighted by atomic mass is 10.0. The minimum absolute atomic E-state index is 0.0636. The Morgan fingerprint density at radius 1 is 1.13 bits per heavy atom. The fourth-order valence-electron chi connectivity index (χ4n) is 3.80. The highest BCUT2D eigenvalue weighted by molar-refractivity contribution is 8.27. The van der Waals surface area contributed by atoms with Gasteiger partial charge in [-0.25, -0.2) is 0 Å². The third kappa shape index (κ3) is 6.24. The van der Waals surface area contributed by atoms with Crippen LogP contribution < -0.4 is 14.4 Å². The number of thiocarbonyl (C=S) groups is 1. The second-order valence-electron chi connectivity index (χ2n) is 8.14. The summed E-state index contributed by atoms with van der Waals surface area (Å²) in [5.41, 5.74) is 2.96. The lowest BCUT2D eigenvalue weighted by Gasteiger charge is -2.17. The van der Waals surface area contributed by atoms with Gasteiger partial charge in [0.1, 0.15) is 6.61 Å². The number of benzene rings is 3. The van der Waals surface area contributed by atoms with Gasteiger partial charge in [0.25, 0.3) is 11.6 Å². The van der Waals surface area contributed by atoms with Gasteiger partial charge >= 0.3 is 0 Å². The van der Waals surface area contributed by atoms with Gasteiger partial charge in [-0.3, -0.25) is 19.8 Å². The number of rotatable bonds is 10. The molecule has 0 unspecified atom stereocenters. The molecule has 0 saturated carbocycles. The fourth-order valence-corrected chi connectivity index (χ4v) is 5.23. The standard InChI is InChI=1S/C28H23ClN2O5S2/c1-3-5-20-14-19(15-24(35-4-2)26(20)36-17-18-6-8-21(29)9-7-18)16-25-27(32)30(28(37)38-25)22-10-12-23(13-11-22)31(33)34/h3,6-16H,1,4-5,17H2,2H3/b25-16+. The first-order valence-electron chi connectivity index (χ1n) is 11.6. The van der Waals surface area contributed by atoms with Gasteiger partial charge in [0.2, 0.25) is 0 Å². The number of hydrogen-bond donors (Lipinski definition) is 0. The smallest absolute Gasteiger partial charge is 0.270 e. The molecular formula is C28H23ClN2O5S2. The lowest BCUT2D eigenvalue weighted by molar-refractivity contribution is -0.384. The number of ether oxygens (including phenoxy) is 2. The van der Waals surface area contributed by atoms with E-state index in [1.165, 1.54) is 40.9 Å². The van der Waals surface area contributed by atoms with Crippen LogP contribution in [0.1, 0.15) is 23.6 Å². The molecule has 0 bridgehead atoms. The Bertz CT molecular complexity index is 1420. The third-order valence-corrected chi connectivity index (χ3v) is 7.08. The first kappa shape index (κ1) is 27.4. The van der Waals surface area contributed by atoms with Crippen LogP contribution in [-0.4, -0.2) is 21.8 Å². The first-order valence-corrected chi connectivity index (χ1v) is 13.2. The fraction of sp³-hybridized carbons (Fsp3) is 0.143. The van der Waals surface area contributed by atoms with Gasteiger partial charge in [-0.15, -0.1) is 6.58 Å². The van der Waals surface area contributed by atoms with Crippen molar-refractivity contribution < 1.29 is 19.2 Å². The molecule has 1 aliphatic heterocycles. The van der Waals surface area contributed by atoms with Crippen LogP contribution in [0.15, 0.2) is 78.2 Å². The van der Waals surface area contributed by atoms with E-state index < -0.39 is 4.92 Å². The summed E-state index contributed by atoms with van der Waals surface area (Å²) in [6, 6.07) is 16.9. The monoisotopic (exact) mass is 566 g/mol. The predicted octanol–water partition coefficient (Wildman–Crippen LogP) is 7.36. The summed E-state index contributed by atoms with van der Waals surface area (Å²) >= 11 is 12.6. The molecule has 1 amide bonds. The minimum atomic E-state index is -0.492. The average molecular weight is 567 g/mol. The Labute approximate surface area is 234 Å². The number of thioether (sulfide) groups is 1. The molecule has 0 N–H and O–H groups in total. The number of nitrogens with zero attached hydrogens (tertiary/aromatic N) is 2. The summed E-state index contributed by atoms with van der Waals surface area (Å²) in [6.45, 7) is 6.51. The highest BCUT2D eigenvalue weighted by atomic mass is 35.5. The maximum Gasteiger partial charge on any atom is 0.270 e. The number of hydrogen-bond acceptors (Lipinski definition) is 7. The van der Waals surface area contributed by atoms with E-state index in [4.69, 9.17) is 33.3 Å². The van der Waals surface area contributed by atoms with Crippen molar-refractivity contribution in [1.29, 1.82) is 0 Å². The molecular weight excluding hydrogens is 544 g/mol. The van der Waals surface area contributed by atoms with Gasteiger partial charge < -0.3 is 9.47 Å². The number of anilines is 1. The summed E-state index contributed by atoms with van der Waals surface area (Å²) in [6.07, 6.45) is 4.06. The van der Waals surface area contributed by atoms with Crippen LogP contribution in [0.2, 0.25) is 5.02 Å². The van der Waals surface area contributed by atoms with Crippen molar-refractivity contribution >= 4 is 63.3 Å². The Morgan fingerprint density at radius 3 is 2.47 bits per heavy atom. The van der Waals surface area contributed by atoms with E-state index in [0.717, 1.165) is 16.7 Å². The highest BCUT2D eigenvalue weighted by Crippen LogP contribution is 2.39. The highest BCUT2D eigenvalue weighted by Gasteiger charge is 2.33. The van der Waals surface area contributed by atoms with Crippen molar-refractivity contribution in [3.8, 4) is 11.5 Å². The molecule has 3 aromatic rings. The molecule has 0 aromatic heterocycles. The van der Waals surface area contributed by atoms with Gasteiger partial charge in [-0.1, -0.05) is 53.8 Å². The summed E-state index contributed by atoms with van der Waals surface area (Å²) in [4.78, 5) is 25.5. The molecule has 10 heteroatoms. The van der Waals surface area contributed by atoms with Gasteiger partial charge in [0.05, 0.1) is 22.1 Å². The van der Waals surface area contributed by atoms with E-state index in [-0.39, 0.29) is 11.6 Å². The van der Waals surface area contributed by atoms with Crippen molar-refractivity contribution in [2.75, 3.05) is 11.5 Å². The third-order valence-electron chi connectivity index (χ3n) is 5.52. The van der Waals surface area contributed by atoms with Gasteiger partial charge in [-0.2, -0.15) is 0 Å². The first-order chi connectivity index (χ1) is 18.3. The number of nitro benzene ring substituents is 1. The Hall–Kier alpha value is -3.66. The Kier molecular flexibility index (Phi) is 8.83. The number of amides is 1. The molecule has 1 heterocycles. The lowest BCUT2D eigenvalue weighted by Crippen LogP contribution is -2.27. The van der Waals surface area contributed by atoms with E-state index in [2.05, 4.69) is 6.58 Å². The van der Waals surface area contributed by atoms with Crippen LogP contribution in [0.4, 0.5) is 11.4 Å². The van der Waals surface area contributed by atoms with Crippen molar-refractivity contribution in [2.45, 2.75) is 20.0 Å². The molecule has 38 heavy (non-hydrogen) atoms. The van der Waals surface area contributed by atoms with Gasteiger partial charge in [-0.05, 0) is 66.9 Å². The van der Waals surface area contributed by atoms with Gasteiger partial charge in [0, 0.05) is 22.7 Å². The number of allylic oxidation sites excluding steroid dienone is 1. The summed E-state index contributed by atoms with van der Waals surface area (Å²) < 4.78 is 12.4. The predicted molar refractivity (Wildman–Crippen MR) is 156 cm³/mol. The van der Waals surface area contributed by atoms with Crippen molar-refractivity contribution in [1.82, 2.24) is 0 Å². The molecule has 194 valence electrons. The van der Waals surface area contributed by atoms with E-state index in [1.807, 2.05) is 43.3 Å². The van der Waals surface area contributed by atoms with E-state index in [0.29, 0.717) is 51.1 Å². The molecule has 1 aliphatic rings. The second-order valence-corrected chi connectivity index (χ2v) is 10.3. The molecule has 1 saturated heterocycles. The summed E-state index contributed by atoms with van der Waals surface area (Å²) in [5.74, 6) is 0.857. The number of non-ortho nitro benzene ring substituents is 1. The quantitative estimate of drug-likeness (QED) is 0.0833. The molecule has 3 aromatic carbocycles. The maximum absolute atomic E-state index is 13.2. The molecule has 0 aliphatic carbocycles. The zero-order chi connectivity index (χ0) is 27.2. The van der Waals surface area contributed by atoms with Crippen LogP contribution in [-0.2, 0) is 17.8 Å². The summed E-state index contributed by atoms with van der Waals surface area (Å²) in [5, 5.41) is 11.6. The van der Waals surface area contributed by atoms with Crippen molar-refractivity contribution in [3.05, 3.63) is 110 Å². The van der Waals surface area contributed by atoms with E-state index in [1.54, 1.807) is 12.2 Å².